The second-order valence-corrected chi connectivity index (χ2v) is 4.56. The fraction of sp³-hybridized carbons (Fsp3) is 0.357. The van der Waals surface area contributed by atoms with Gasteiger partial charge in [-0.25, -0.2) is 0 Å². The van der Waals surface area contributed by atoms with E-state index in [1.807, 2.05) is 19.3 Å². The van der Waals surface area contributed by atoms with Gasteiger partial charge in [0.2, 0.25) is 0 Å². The zero-order valence-electron chi connectivity index (χ0n) is 11.1. The Bertz CT molecular complexity index is 561. The molecule has 1 heterocycles. The van der Waals surface area contributed by atoms with Crippen molar-refractivity contribution in [3.63, 3.8) is 0 Å². The van der Waals surface area contributed by atoms with Crippen LogP contribution in [-0.2, 0) is 26.2 Å². The average molecular weight is 283 g/mol. The molecule has 108 valence electrons. The molecule has 6 heteroatoms. The highest BCUT2D eigenvalue weighted by atomic mass is 19.4. The van der Waals surface area contributed by atoms with Crippen LogP contribution in [0.3, 0.4) is 0 Å². The molecule has 0 aliphatic carbocycles. The Balaban J connectivity index is 1.88. The molecule has 0 radical (unpaired) electrons. The maximum atomic E-state index is 12.8. The molecule has 20 heavy (non-hydrogen) atoms. The predicted molar refractivity (Wildman–Crippen MR) is 70.1 cm³/mol. The Labute approximate surface area is 115 Å². The number of rotatable bonds is 5. The minimum absolute atomic E-state index is 0.197. The Morgan fingerprint density at radius 1 is 1.20 bits per heavy atom. The second kappa shape index (κ2) is 6.09. The van der Waals surface area contributed by atoms with Crippen LogP contribution < -0.4 is 5.32 Å². The van der Waals surface area contributed by atoms with Gasteiger partial charge in [-0.05, 0) is 17.7 Å². The lowest BCUT2D eigenvalue weighted by atomic mass is 10.1. The number of aryl methyl sites for hydroxylation is 1. The zero-order chi connectivity index (χ0) is 14.6. The van der Waals surface area contributed by atoms with E-state index in [0.717, 1.165) is 11.8 Å². The minimum atomic E-state index is -4.31. The average Bonchev–Trinajstić information content (AvgIpc) is 2.80. The van der Waals surface area contributed by atoms with Gasteiger partial charge < -0.3 is 5.32 Å². The largest absolute Gasteiger partial charge is 0.416 e. The normalized spacial score (nSPS) is 11.8. The molecule has 0 bridgehead atoms. The maximum absolute atomic E-state index is 12.8. The summed E-state index contributed by atoms with van der Waals surface area (Å²) in [5.41, 5.74) is 0.607. The van der Waals surface area contributed by atoms with Crippen molar-refractivity contribution in [3.05, 3.63) is 53.3 Å². The van der Waals surface area contributed by atoms with Crippen molar-refractivity contribution < 1.29 is 13.2 Å². The molecule has 0 aliphatic heterocycles. The summed E-state index contributed by atoms with van der Waals surface area (Å²) in [6, 6.07) is 7.52. The molecule has 0 unspecified atom stereocenters. The van der Waals surface area contributed by atoms with Gasteiger partial charge in [0.25, 0.3) is 0 Å². The fourth-order valence-corrected chi connectivity index (χ4v) is 1.99. The lowest BCUT2D eigenvalue weighted by molar-refractivity contribution is -0.138. The first-order chi connectivity index (χ1) is 9.47. The molecule has 1 N–H and O–H groups in total. The number of benzene rings is 1. The van der Waals surface area contributed by atoms with Crippen LogP contribution in [0.25, 0.3) is 0 Å². The Morgan fingerprint density at radius 2 is 1.95 bits per heavy atom. The number of nitrogens with one attached hydrogen (secondary N) is 1. The van der Waals surface area contributed by atoms with Crippen LogP contribution in [0.5, 0.6) is 0 Å². The first-order valence-corrected chi connectivity index (χ1v) is 6.31. The van der Waals surface area contributed by atoms with Crippen LogP contribution in [0.1, 0.15) is 16.8 Å². The van der Waals surface area contributed by atoms with Crippen molar-refractivity contribution in [2.45, 2.75) is 19.1 Å². The van der Waals surface area contributed by atoms with Gasteiger partial charge in [0.15, 0.2) is 0 Å². The van der Waals surface area contributed by atoms with Crippen LogP contribution in [-0.4, -0.2) is 16.3 Å². The monoisotopic (exact) mass is 283 g/mol. The van der Waals surface area contributed by atoms with E-state index >= 15 is 0 Å². The highest BCUT2D eigenvalue weighted by molar-refractivity contribution is 5.29. The molecule has 1 aromatic heterocycles. The molecule has 0 amide bonds. The number of aromatic nitrogens is 2. The van der Waals surface area contributed by atoms with Gasteiger partial charge in [0, 0.05) is 32.8 Å². The van der Waals surface area contributed by atoms with E-state index in [1.165, 1.54) is 12.1 Å². The Hall–Kier alpha value is -1.82. The van der Waals surface area contributed by atoms with E-state index in [1.54, 1.807) is 10.7 Å². The van der Waals surface area contributed by atoms with Gasteiger partial charge in [-0.15, -0.1) is 0 Å². The van der Waals surface area contributed by atoms with Crippen LogP contribution in [0.15, 0.2) is 36.5 Å². The Kier molecular flexibility index (Phi) is 4.44. The molecule has 0 aliphatic rings. The van der Waals surface area contributed by atoms with Gasteiger partial charge in [0.1, 0.15) is 0 Å². The summed E-state index contributed by atoms with van der Waals surface area (Å²) in [5.74, 6) is 0. The number of hydrogen-bond donors (Lipinski definition) is 1. The van der Waals surface area contributed by atoms with Gasteiger partial charge in [-0.2, -0.15) is 18.3 Å². The zero-order valence-corrected chi connectivity index (χ0v) is 11.1. The molecule has 0 spiro atoms. The maximum Gasteiger partial charge on any atom is 0.416 e. The van der Waals surface area contributed by atoms with Crippen LogP contribution in [0.4, 0.5) is 13.2 Å². The van der Waals surface area contributed by atoms with Gasteiger partial charge in [-0.3, -0.25) is 4.68 Å². The summed E-state index contributed by atoms with van der Waals surface area (Å²) >= 11 is 0. The number of nitrogens with zero attached hydrogens (tertiary/aromatic N) is 2. The third-order valence-electron chi connectivity index (χ3n) is 2.96. The van der Waals surface area contributed by atoms with E-state index in [-0.39, 0.29) is 12.1 Å². The van der Waals surface area contributed by atoms with Crippen molar-refractivity contribution in [2.75, 3.05) is 6.54 Å². The van der Waals surface area contributed by atoms with Crippen molar-refractivity contribution in [1.82, 2.24) is 15.1 Å². The van der Waals surface area contributed by atoms with Crippen molar-refractivity contribution in [1.29, 1.82) is 0 Å². The molecule has 3 nitrogen and oxygen atoms in total. The van der Waals surface area contributed by atoms with E-state index in [0.29, 0.717) is 13.0 Å². The van der Waals surface area contributed by atoms with Crippen molar-refractivity contribution in [3.8, 4) is 0 Å². The third-order valence-corrected chi connectivity index (χ3v) is 2.96. The summed E-state index contributed by atoms with van der Waals surface area (Å²) in [6.45, 7) is 0.783. The predicted octanol–water partition coefficient (Wildman–Crippen LogP) is 2.77. The fourth-order valence-electron chi connectivity index (χ4n) is 1.99. The highest BCUT2D eigenvalue weighted by Gasteiger charge is 2.32. The van der Waals surface area contributed by atoms with Crippen molar-refractivity contribution >= 4 is 0 Å². The molecular formula is C14H16F3N3. The number of halogens is 3. The first kappa shape index (κ1) is 14.6. The number of alkyl halides is 3. The summed E-state index contributed by atoms with van der Waals surface area (Å²) in [5, 5.41) is 7.23. The topological polar surface area (TPSA) is 29.9 Å². The van der Waals surface area contributed by atoms with Gasteiger partial charge in [0.05, 0.1) is 11.3 Å². The summed E-state index contributed by atoms with van der Waals surface area (Å²) in [6.07, 6.45) is -1.78. The van der Waals surface area contributed by atoms with Gasteiger partial charge >= 0.3 is 6.18 Å². The van der Waals surface area contributed by atoms with Gasteiger partial charge in [-0.1, -0.05) is 18.2 Å². The van der Waals surface area contributed by atoms with Crippen LogP contribution in [0, 0.1) is 0 Å². The first-order valence-electron chi connectivity index (χ1n) is 6.31. The van der Waals surface area contributed by atoms with E-state index in [2.05, 4.69) is 10.4 Å². The lowest BCUT2D eigenvalue weighted by Crippen LogP contribution is -2.20. The molecule has 0 saturated heterocycles. The standard InChI is InChI=1S/C14H16F3N3/c1-20-9-7-12(19-20)6-8-18-10-11-4-2-3-5-13(11)14(15,16)17/h2-5,7,9,18H,6,8,10H2,1H3. The summed E-state index contributed by atoms with van der Waals surface area (Å²) in [7, 11) is 1.83. The van der Waals surface area contributed by atoms with Crippen LogP contribution in [0.2, 0.25) is 0 Å². The molecule has 0 atom stereocenters. The molecule has 0 fully saturated rings. The molecular weight excluding hydrogens is 267 g/mol. The molecule has 2 aromatic rings. The lowest BCUT2D eigenvalue weighted by Gasteiger charge is -2.13. The SMILES string of the molecule is Cn1ccc(CCNCc2ccccc2C(F)(F)F)n1. The van der Waals surface area contributed by atoms with E-state index in [4.69, 9.17) is 0 Å². The number of hydrogen-bond acceptors (Lipinski definition) is 2. The molecule has 0 saturated carbocycles. The summed E-state index contributed by atoms with van der Waals surface area (Å²) < 4.78 is 40.1. The highest BCUT2D eigenvalue weighted by Crippen LogP contribution is 2.31. The van der Waals surface area contributed by atoms with Crippen LogP contribution >= 0.6 is 0 Å². The quantitative estimate of drug-likeness (QED) is 0.855. The van der Waals surface area contributed by atoms with E-state index < -0.39 is 11.7 Å². The third kappa shape index (κ3) is 3.84. The second-order valence-electron chi connectivity index (χ2n) is 4.56. The Morgan fingerprint density at radius 3 is 2.60 bits per heavy atom. The summed E-state index contributed by atoms with van der Waals surface area (Å²) in [4.78, 5) is 0. The molecule has 2 rings (SSSR count). The smallest absolute Gasteiger partial charge is 0.312 e. The van der Waals surface area contributed by atoms with Crippen molar-refractivity contribution in [2.24, 2.45) is 7.05 Å². The molecule has 1 aromatic carbocycles. The minimum Gasteiger partial charge on any atom is -0.312 e. The van der Waals surface area contributed by atoms with E-state index in [9.17, 15) is 13.2 Å².